The number of rotatable bonds is 3. The van der Waals surface area contributed by atoms with Gasteiger partial charge in [-0.1, -0.05) is 54.6 Å². The smallest absolute Gasteiger partial charge is 0.262 e. The summed E-state index contributed by atoms with van der Waals surface area (Å²) in [6.07, 6.45) is 4.58. The summed E-state index contributed by atoms with van der Waals surface area (Å²) in [5.41, 5.74) is 10.1. The van der Waals surface area contributed by atoms with Gasteiger partial charge in [0.1, 0.15) is 11.1 Å². The SMILES string of the molecule is NC1(c2ccc(-c3oc4nc[nH]c(=O)c4c3-c3ccccc3)cc2)CCC1. The van der Waals surface area contributed by atoms with Gasteiger partial charge in [0.15, 0.2) is 0 Å². The molecule has 5 nitrogen and oxygen atoms in total. The molecule has 1 aliphatic carbocycles. The predicted molar refractivity (Wildman–Crippen MR) is 105 cm³/mol. The Hall–Kier alpha value is -3.18. The fraction of sp³-hybridized carbons (Fsp3) is 0.182. The summed E-state index contributed by atoms with van der Waals surface area (Å²) >= 11 is 0. The molecule has 5 rings (SSSR count). The van der Waals surface area contributed by atoms with Crippen molar-refractivity contribution in [1.82, 2.24) is 9.97 Å². The first kappa shape index (κ1) is 16.0. The summed E-state index contributed by atoms with van der Waals surface area (Å²) in [6.45, 7) is 0. The molecule has 5 heteroatoms. The van der Waals surface area contributed by atoms with Crippen LogP contribution in [0.25, 0.3) is 33.6 Å². The zero-order valence-electron chi connectivity index (χ0n) is 14.7. The quantitative estimate of drug-likeness (QED) is 0.576. The number of hydrogen-bond donors (Lipinski definition) is 2. The number of fused-ring (bicyclic) bond motifs is 1. The van der Waals surface area contributed by atoms with Crippen molar-refractivity contribution in [1.29, 1.82) is 0 Å². The summed E-state index contributed by atoms with van der Waals surface area (Å²) in [6, 6.07) is 17.9. The van der Waals surface area contributed by atoms with Gasteiger partial charge in [0, 0.05) is 16.7 Å². The molecule has 0 spiro atoms. The second-order valence-corrected chi connectivity index (χ2v) is 7.17. The van der Waals surface area contributed by atoms with Crippen LogP contribution in [0.4, 0.5) is 0 Å². The van der Waals surface area contributed by atoms with E-state index in [1.807, 2.05) is 42.5 Å². The van der Waals surface area contributed by atoms with Crippen molar-refractivity contribution < 1.29 is 4.42 Å². The van der Waals surface area contributed by atoms with Crippen molar-refractivity contribution in [3.63, 3.8) is 0 Å². The summed E-state index contributed by atoms with van der Waals surface area (Å²) in [4.78, 5) is 19.3. The molecular formula is C22H19N3O2. The Morgan fingerprint density at radius 2 is 1.74 bits per heavy atom. The molecule has 27 heavy (non-hydrogen) atoms. The van der Waals surface area contributed by atoms with E-state index in [1.165, 1.54) is 12.7 Å². The lowest BCUT2D eigenvalue weighted by Crippen LogP contribution is -2.43. The van der Waals surface area contributed by atoms with Gasteiger partial charge in [0.25, 0.3) is 5.56 Å². The summed E-state index contributed by atoms with van der Waals surface area (Å²) < 4.78 is 6.02. The molecule has 0 aliphatic heterocycles. The van der Waals surface area contributed by atoms with Crippen molar-refractivity contribution >= 4 is 11.1 Å². The molecule has 2 aromatic carbocycles. The summed E-state index contributed by atoms with van der Waals surface area (Å²) in [5, 5.41) is 0.470. The molecule has 3 N–H and O–H groups in total. The van der Waals surface area contributed by atoms with E-state index < -0.39 is 0 Å². The van der Waals surface area contributed by atoms with Crippen molar-refractivity contribution in [2.45, 2.75) is 24.8 Å². The van der Waals surface area contributed by atoms with E-state index in [0.717, 1.165) is 35.1 Å². The van der Waals surface area contributed by atoms with Crippen LogP contribution in [-0.4, -0.2) is 9.97 Å². The molecule has 4 aromatic rings. The molecule has 0 unspecified atom stereocenters. The van der Waals surface area contributed by atoms with Crippen LogP contribution in [0.1, 0.15) is 24.8 Å². The van der Waals surface area contributed by atoms with E-state index in [9.17, 15) is 4.79 Å². The number of nitrogens with one attached hydrogen (secondary N) is 1. The third kappa shape index (κ3) is 2.51. The number of nitrogens with two attached hydrogens (primary N) is 1. The lowest BCUT2D eigenvalue weighted by atomic mass is 9.72. The molecule has 1 aliphatic rings. The van der Waals surface area contributed by atoms with Gasteiger partial charge in [-0.15, -0.1) is 0 Å². The van der Waals surface area contributed by atoms with Crippen LogP contribution < -0.4 is 11.3 Å². The lowest BCUT2D eigenvalue weighted by Gasteiger charge is -2.38. The molecule has 0 radical (unpaired) electrons. The van der Waals surface area contributed by atoms with Crippen LogP contribution in [0.15, 0.2) is 70.1 Å². The van der Waals surface area contributed by atoms with Crippen molar-refractivity contribution in [3.8, 4) is 22.5 Å². The predicted octanol–water partition coefficient (Wildman–Crippen LogP) is 4.19. The van der Waals surface area contributed by atoms with Gasteiger partial charge in [-0.2, -0.15) is 0 Å². The molecule has 134 valence electrons. The Morgan fingerprint density at radius 3 is 2.41 bits per heavy atom. The fourth-order valence-electron chi connectivity index (χ4n) is 3.83. The normalized spacial score (nSPS) is 15.6. The molecule has 1 fully saturated rings. The van der Waals surface area contributed by atoms with Gasteiger partial charge < -0.3 is 15.1 Å². The minimum Gasteiger partial charge on any atom is -0.437 e. The van der Waals surface area contributed by atoms with Crippen molar-refractivity contribution in [2.24, 2.45) is 5.73 Å². The van der Waals surface area contributed by atoms with Gasteiger partial charge in [-0.05, 0) is 30.4 Å². The Kier molecular flexibility index (Phi) is 3.52. The van der Waals surface area contributed by atoms with Gasteiger partial charge in [-0.25, -0.2) is 4.98 Å². The third-order valence-electron chi connectivity index (χ3n) is 5.52. The van der Waals surface area contributed by atoms with Crippen LogP contribution >= 0.6 is 0 Å². The molecule has 0 amide bonds. The Labute approximate surface area is 155 Å². The van der Waals surface area contributed by atoms with Gasteiger partial charge in [0.2, 0.25) is 5.71 Å². The molecule has 0 atom stereocenters. The van der Waals surface area contributed by atoms with Crippen molar-refractivity contribution in [2.75, 3.05) is 0 Å². The minimum absolute atomic E-state index is 0.201. The molecule has 1 saturated carbocycles. The van der Waals surface area contributed by atoms with Gasteiger partial charge in [0.05, 0.1) is 6.33 Å². The average Bonchev–Trinajstić information content (AvgIpc) is 3.08. The van der Waals surface area contributed by atoms with E-state index in [-0.39, 0.29) is 11.1 Å². The number of aromatic amines is 1. The molecule has 2 heterocycles. The number of benzene rings is 2. The maximum atomic E-state index is 12.5. The van der Waals surface area contributed by atoms with Crippen LogP contribution in [0.3, 0.4) is 0 Å². The second kappa shape index (κ2) is 5.93. The first-order chi connectivity index (χ1) is 13.2. The highest BCUT2D eigenvalue weighted by molar-refractivity contribution is 5.99. The van der Waals surface area contributed by atoms with Gasteiger partial charge >= 0.3 is 0 Å². The van der Waals surface area contributed by atoms with Crippen LogP contribution in [-0.2, 0) is 5.54 Å². The summed E-state index contributed by atoms with van der Waals surface area (Å²) in [7, 11) is 0. The van der Waals surface area contributed by atoms with E-state index in [4.69, 9.17) is 10.2 Å². The first-order valence-electron chi connectivity index (χ1n) is 9.11. The molecule has 2 aromatic heterocycles. The largest absolute Gasteiger partial charge is 0.437 e. The highest BCUT2D eigenvalue weighted by Gasteiger charge is 2.34. The van der Waals surface area contributed by atoms with Crippen LogP contribution in [0.2, 0.25) is 0 Å². The van der Waals surface area contributed by atoms with Crippen molar-refractivity contribution in [3.05, 3.63) is 76.8 Å². The maximum Gasteiger partial charge on any atom is 0.262 e. The fourth-order valence-corrected chi connectivity index (χ4v) is 3.83. The number of furan rings is 1. The van der Waals surface area contributed by atoms with Gasteiger partial charge in [-0.3, -0.25) is 4.79 Å². The first-order valence-corrected chi connectivity index (χ1v) is 9.11. The number of aromatic nitrogens is 2. The molecule has 0 bridgehead atoms. The Morgan fingerprint density at radius 1 is 1.00 bits per heavy atom. The molecule has 0 saturated heterocycles. The van der Waals surface area contributed by atoms with Crippen LogP contribution in [0, 0.1) is 0 Å². The zero-order valence-corrected chi connectivity index (χ0v) is 14.7. The van der Waals surface area contributed by atoms with E-state index >= 15 is 0 Å². The highest BCUT2D eigenvalue weighted by atomic mass is 16.3. The average molecular weight is 357 g/mol. The lowest BCUT2D eigenvalue weighted by molar-refractivity contribution is 0.253. The number of hydrogen-bond acceptors (Lipinski definition) is 4. The van der Waals surface area contributed by atoms with E-state index in [2.05, 4.69) is 22.1 Å². The van der Waals surface area contributed by atoms with E-state index in [0.29, 0.717) is 16.9 Å². The monoisotopic (exact) mass is 357 g/mol. The van der Waals surface area contributed by atoms with E-state index in [1.54, 1.807) is 0 Å². The summed E-state index contributed by atoms with van der Waals surface area (Å²) in [5.74, 6) is 0.645. The standard InChI is InChI=1S/C22H19N3O2/c23-22(11-4-12-22)16-9-7-15(8-10-16)19-17(14-5-2-1-3-6-14)18-20(26)24-13-25-21(18)27-19/h1-3,5-10,13H,4,11-12,23H2,(H,24,25,26). The molecular weight excluding hydrogens is 338 g/mol. The number of nitrogens with zero attached hydrogens (tertiary/aromatic N) is 1. The Bertz CT molecular complexity index is 1170. The van der Waals surface area contributed by atoms with Crippen LogP contribution in [0.5, 0.6) is 0 Å². The minimum atomic E-state index is -0.208. The zero-order chi connectivity index (χ0) is 18.4. The third-order valence-corrected chi connectivity index (χ3v) is 5.52. The topological polar surface area (TPSA) is 84.9 Å². The number of H-pyrrole nitrogens is 1. The maximum absolute atomic E-state index is 12.5. The Balaban J connectivity index is 1.71. The highest BCUT2D eigenvalue weighted by Crippen LogP contribution is 2.41. The second-order valence-electron chi connectivity index (χ2n) is 7.17.